The fraction of sp³-hybridized carbons (Fsp3) is 0.444. The number of rotatable bonds is 15. The van der Waals surface area contributed by atoms with Gasteiger partial charge in [0.2, 0.25) is 17.7 Å². The lowest BCUT2D eigenvalue weighted by molar-refractivity contribution is -0.161. The minimum atomic E-state index is -1.32. The fourth-order valence-corrected chi connectivity index (χ4v) is 8.13. The number of esters is 1. The second-order valence-corrected chi connectivity index (χ2v) is 13.6. The van der Waals surface area contributed by atoms with E-state index in [4.69, 9.17) is 9.47 Å². The molecule has 8 atom stereocenters. The lowest BCUT2D eigenvalue weighted by atomic mass is 9.70. The number of fused-ring (bicyclic) bond motifs is 1. The zero-order chi connectivity index (χ0) is 33.7. The quantitative estimate of drug-likeness (QED) is 0.164. The predicted octanol–water partition coefficient (Wildman–Crippen LogP) is 3.70. The highest BCUT2D eigenvalue weighted by Crippen LogP contribution is 2.61. The number of hydrogen-bond acceptors (Lipinski definition) is 7. The number of halogens is 1. The van der Waals surface area contributed by atoms with Gasteiger partial charge in [-0.1, -0.05) is 88.7 Å². The van der Waals surface area contributed by atoms with E-state index < -0.39 is 53.6 Å². The molecule has 3 heterocycles. The highest BCUT2D eigenvalue weighted by Gasteiger charge is 2.77. The van der Waals surface area contributed by atoms with Crippen LogP contribution in [0.25, 0.3) is 0 Å². The Morgan fingerprint density at radius 3 is 2.47 bits per heavy atom. The molecule has 0 saturated carbocycles. The van der Waals surface area contributed by atoms with Crippen molar-refractivity contribution >= 4 is 39.6 Å². The minimum absolute atomic E-state index is 0.0379. The number of amides is 3. The summed E-state index contributed by atoms with van der Waals surface area (Å²) in [5.74, 6) is -3.64. The first kappa shape index (κ1) is 34.5. The summed E-state index contributed by atoms with van der Waals surface area (Å²) >= 11 is 3.69. The summed E-state index contributed by atoms with van der Waals surface area (Å²) < 4.78 is 12.7. The van der Waals surface area contributed by atoms with Crippen LogP contribution in [0.1, 0.15) is 43.4 Å². The Balaban J connectivity index is 1.46. The molecule has 0 aromatic heterocycles. The molecule has 1 spiro atoms. The third kappa shape index (κ3) is 6.79. The van der Waals surface area contributed by atoms with Crippen molar-refractivity contribution in [2.45, 2.75) is 67.5 Å². The van der Waals surface area contributed by atoms with Gasteiger partial charge in [-0.3, -0.25) is 19.2 Å². The summed E-state index contributed by atoms with van der Waals surface area (Å²) in [6.07, 6.45) is 2.83. The molecule has 250 valence electrons. The first-order chi connectivity index (χ1) is 22.7. The van der Waals surface area contributed by atoms with E-state index in [0.717, 1.165) is 5.56 Å². The zero-order valence-electron chi connectivity index (χ0n) is 26.5. The molecule has 3 aliphatic rings. The van der Waals surface area contributed by atoms with Crippen LogP contribution in [0.3, 0.4) is 0 Å². The summed E-state index contributed by atoms with van der Waals surface area (Å²) in [4.78, 5) is 58.2. The second kappa shape index (κ2) is 15.0. The molecule has 1 unspecified atom stereocenters. The molecule has 3 amide bonds. The van der Waals surface area contributed by atoms with Gasteiger partial charge in [-0.25, -0.2) is 0 Å². The maximum Gasteiger partial charge on any atom is 0.313 e. The Morgan fingerprint density at radius 2 is 1.83 bits per heavy atom. The molecule has 2 N–H and O–H groups in total. The molecule has 3 saturated heterocycles. The molecule has 5 rings (SSSR count). The molecule has 2 aromatic rings. The minimum Gasteiger partial charge on any atom is -0.455 e. The topological polar surface area (TPSA) is 125 Å². The fourth-order valence-electron chi connectivity index (χ4n) is 7.19. The number of carbonyl (C=O) groups excluding carboxylic acids is 4. The normalized spacial score (nSPS) is 27.1. The summed E-state index contributed by atoms with van der Waals surface area (Å²) in [5, 5.41) is 13.1. The van der Waals surface area contributed by atoms with Gasteiger partial charge >= 0.3 is 5.97 Å². The van der Waals surface area contributed by atoms with Gasteiger partial charge < -0.3 is 29.7 Å². The lowest BCUT2D eigenvalue weighted by Gasteiger charge is -2.38. The van der Waals surface area contributed by atoms with E-state index in [-0.39, 0.29) is 49.3 Å². The molecular formula is C36H42BrN3O7. The SMILES string of the molecule is C=CCCC(=O)NC[C@@H](OC(=O)[C@H]1[C@@H]2O[C@@]3(CC2Br)[C@@H]1C(=O)N([C@H](C)CO)[C@@H]3C(=O)N(CC=C)Cc1ccccc1)c1ccccc1. The number of nitrogens with zero attached hydrogens (tertiary/aromatic N) is 2. The Bertz CT molecular complexity index is 1470. The van der Waals surface area contributed by atoms with E-state index in [9.17, 15) is 24.3 Å². The highest BCUT2D eigenvalue weighted by molar-refractivity contribution is 9.09. The number of hydrogen-bond donors (Lipinski definition) is 2. The van der Waals surface area contributed by atoms with Crippen molar-refractivity contribution in [2.24, 2.45) is 11.8 Å². The Hall–Kier alpha value is -3.80. The average molecular weight is 709 g/mol. The van der Waals surface area contributed by atoms with Crippen LogP contribution in [0.15, 0.2) is 86.0 Å². The lowest BCUT2D eigenvalue weighted by Crippen LogP contribution is -2.58. The molecule has 2 aromatic carbocycles. The summed E-state index contributed by atoms with van der Waals surface area (Å²) in [6, 6.07) is 16.8. The van der Waals surface area contributed by atoms with E-state index in [2.05, 4.69) is 34.4 Å². The number of nitrogens with one attached hydrogen (secondary N) is 1. The van der Waals surface area contributed by atoms with E-state index in [0.29, 0.717) is 18.4 Å². The van der Waals surface area contributed by atoms with Crippen molar-refractivity contribution in [2.75, 3.05) is 19.7 Å². The van der Waals surface area contributed by atoms with Gasteiger partial charge in [-0.15, -0.1) is 13.2 Å². The molecule has 47 heavy (non-hydrogen) atoms. The first-order valence-electron chi connectivity index (χ1n) is 16.0. The number of aliphatic hydroxyl groups excluding tert-OH is 1. The molecule has 10 nitrogen and oxygen atoms in total. The molecular weight excluding hydrogens is 666 g/mol. The van der Waals surface area contributed by atoms with Crippen molar-refractivity contribution in [1.82, 2.24) is 15.1 Å². The van der Waals surface area contributed by atoms with Gasteiger partial charge in [-0.05, 0) is 30.9 Å². The number of aliphatic hydroxyl groups is 1. The Morgan fingerprint density at radius 1 is 1.15 bits per heavy atom. The van der Waals surface area contributed by atoms with Crippen LogP contribution >= 0.6 is 15.9 Å². The van der Waals surface area contributed by atoms with E-state index in [1.807, 2.05) is 48.5 Å². The van der Waals surface area contributed by atoms with Gasteiger partial charge in [0, 0.05) is 24.3 Å². The van der Waals surface area contributed by atoms with Gasteiger partial charge in [0.1, 0.15) is 17.7 Å². The monoisotopic (exact) mass is 707 g/mol. The van der Waals surface area contributed by atoms with Crippen molar-refractivity contribution in [1.29, 1.82) is 0 Å². The van der Waals surface area contributed by atoms with Crippen LogP contribution in [0.5, 0.6) is 0 Å². The van der Waals surface area contributed by atoms with Gasteiger partial charge in [0.25, 0.3) is 0 Å². The van der Waals surface area contributed by atoms with Crippen molar-refractivity contribution in [3.63, 3.8) is 0 Å². The van der Waals surface area contributed by atoms with Crippen molar-refractivity contribution < 1.29 is 33.8 Å². The second-order valence-electron chi connectivity index (χ2n) is 12.4. The van der Waals surface area contributed by atoms with E-state index >= 15 is 0 Å². The third-order valence-corrected chi connectivity index (χ3v) is 10.2. The van der Waals surface area contributed by atoms with Crippen LogP contribution in [0.2, 0.25) is 0 Å². The first-order valence-corrected chi connectivity index (χ1v) is 16.9. The number of alkyl halides is 1. The Labute approximate surface area is 283 Å². The van der Waals surface area contributed by atoms with Gasteiger partial charge in [0.05, 0.1) is 37.1 Å². The van der Waals surface area contributed by atoms with Crippen molar-refractivity contribution in [3.8, 4) is 0 Å². The third-order valence-electron chi connectivity index (χ3n) is 9.34. The number of benzene rings is 2. The zero-order valence-corrected chi connectivity index (χ0v) is 28.1. The number of carbonyl (C=O) groups is 4. The molecule has 0 aliphatic carbocycles. The number of ether oxygens (including phenoxy) is 2. The largest absolute Gasteiger partial charge is 0.455 e. The maximum atomic E-state index is 14.6. The molecule has 2 bridgehead atoms. The van der Waals surface area contributed by atoms with Crippen LogP contribution < -0.4 is 5.32 Å². The number of likely N-dealkylation sites (tertiary alicyclic amines) is 1. The average Bonchev–Trinajstić information content (AvgIpc) is 3.68. The van der Waals surface area contributed by atoms with E-state index in [1.54, 1.807) is 36.1 Å². The van der Waals surface area contributed by atoms with Crippen molar-refractivity contribution in [3.05, 3.63) is 97.1 Å². The molecule has 11 heteroatoms. The summed E-state index contributed by atoms with van der Waals surface area (Å²) in [5.41, 5.74) is 0.265. The van der Waals surface area contributed by atoms with Gasteiger partial charge in [0.15, 0.2) is 0 Å². The standard InChI is InChI=1S/C36H42BrN3O7/c1-4-6-17-28(42)38-20-27(25-15-11-8-12-16-25)46-35(45)29-30-33(43)40(23(3)22-41)32(36(30)19-26(37)31(29)47-36)34(44)39(18-5-2)21-24-13-9-7-10-14-24/h4-5,7-16,23,26-27,29-32,41H,1-2,6,17-22H2,3H3,(H,38,42)/t23-,26?,27-,29-,30+,31-,32-,36+/m1/s1. The van der Waals surface area contributed by atoms with Crippen LogP contribution in [0.4, 0.5) is 0 Å². The van der Waals surface area contributed by atoms with Crippen LogP contribution in [-0.4, -0.2) is 86.9 Å². The van der Waals surface area contributed by atoms with Gasteiger partial charge in [-0.2, -0.15) is 0 Å². The number of allylic oxidation sites excluding steroid dienone is 1. The molecule has 0 radical (unpaired) electrons. The van der Waals surface area contributed by atoms with Crippen LogP contribution in [-0.2, 0) is 35.2 Å². The smallest absolute Gasteiger partial charge is 0.313 e. The Kier molecular flexibility index (Phi) is 11.0. The predicted molar refractivity (Wildman–Crippen MR) is 179 cm³/mol. The molecule has 3 aliphatic heterocycles. The summed E-state index contributed by atoms with van der Waals surface area (Å²) in [7, 11) is 0. The molecule has 3 fully saturated rings. The van der Waals surface area contributed by atoms with Crippen LogP contribution in [0, 0.1) is 11.8 Å². The highest BCUT2D eigenvalue weighted by atomic mass is 79.9. The maximum absolute atomic E-state index is 14.6. The van der Waals surface area contributed by atoms with E-state index in [1.165, 1.54) is 4.90 Å². The summed E-state index contributed by atoms with van der Waals surface area (Å²) in [6.45, 7) is 9.34.